The van der Waals surface area contributed by atoms with E-state index in [0.717, 1.165) is 29.7 Å². The van der Waals surface area contributed by atoms with E-state index in [9.17, 15) is 14.9 Å². The van der Waals surface area contributed by atoms with Crippen molar-refractivity contribution in [3.05, 3.63) is 64.0 Å². The molecule has 0 unspecified atom stereocenters. The molecule has 2 N–H and O–H groups in total. The van der Waals surface area contributed by atoms with Crippen LogP contribution in [0.15, 0.2) is 42.5 Å². The van der Waals surface area contributed by atoms with E-state index in [1.807, 2.05) is 29.5 Å². The Morgan fingerprint density at radius 3 is 2.61 bits per heavy atom. The highest BCUT2D eigenvalue weighted by molar-refractivity contribution is 5.94. The van der Waals surface area contributed by atoms with Crippen molar-refractivity contribution in [1.29, 1.82) is 0 Å². The fourth-order valence-corrected chi connectivity index (χ4v) is 3.70. The molecule has 0 aliphatic heterocycles. The van der Waals surface area contributed by atoms with Crippen LogP contribution in [0.5, 0.6) is 5.75 Å². The second-order valence-electron chi connectivity index (χ2n) is 8.05. The number of nitrogens with one attached hydrogen (secondary N) is 2. The largest absolute Gasteiger partial charge is 0.491 e. The van der Waals surface area contributed by atoms with Crippen LogP contribution in [-0.2, 0) is 4.74 Å². The highest BCUT2D eigenvalue weighted by Crippen LogP contribution is 2.25. The molecule has 0 aliphatic rings. The molecule has 36 heavy (non-hydrogen) atoms. The molecule has 0 saturated heterocycles. The van der Waals surface area contributed by atoms with E-state index in [1.54, 1.807) is 7.11 Å². The Hall–Kier alpha value is -4.32. The Labute approximate surface area is 206 Å². The van der Waals surface area contributed by atoms with Crippen LogP contribution >= 0.6 is 0 Å². The SMILES string of the molecule is COCCOc1ccc2c(c1)nc(NCCCCNC(=O)c1ccc([N+](=O)[O-])cc1)c1nnc(C)n12. The third-order valence-corrected chi connectivity index (χ3v) is 5.53. The number of carbonyl (C=O) groups excluding carboxylic acids is 1. The number of ether oxygens (including phenoxy) is 2. The monoisotopic (exact) mass is 493 g/mol. The van der Waals surface area contributed by atoms with Gasteiger partial charge in [-0.3, -0.25) is 19.3 Å². The number of nitro benzene ring substituents is 1. The lowest BCUT2D eigenvalue weighted by Crippen LogP contribution is -2.24. The molecular formula is C24H27N7O5. The number of aryl methyl sites for hydroxylation is 1. The molecule has 0 spiro atoms. The zero-order valence-electron chi connectivity index (χ0n) is 20.1. The van der Waals surface area contributed by atoms with E-state index in [2.05, 4.69) is 20.8 Å². The molecule has 188 valence electrons. The third-order valence-electron chi connectivity index (χ3n) is 5.53. The summed E-state index contributed by atoms with van der Waals surface area (Å²) in [6, 6.07) is 11.2. The van der Waals surface area contributed by atoms with Gasteiger partial charge in [-0.15, -0.1) is 10.2 Å². The number of fused-ring (bicyclic) bond motifs is 3. The maximum Gasteiger partial charge on any atom is 0.269 e. The lowest BCUT2D eigenvalue weighted by atomic mass is 10.2. The summed E-state index contributed by atoms with van der Waals surface area (Å²) >= 11 is 0. The maximum atomic E-state index is 12.2. The summed E-state index contributed by atoms with van der Waals surface area (Å²) < 4.78 is 12.7. The minimum atomic E-state index is -0.497. The van der Waals surface area contributed by atoms with Crippen LogP contribution < -0.4 is 15.4 Å². The predicted octanol–water partition coefficient (Wildman–Crippen LogP) is 3.14. The fraction of sp³-hybridized carbons (Fsp3) is 0.333. The summed E-state index contributed by atoms with van der Waals surface area (Å²) in [6.07, 6.45) is 1.51. The van der Waals surface area contributed by atoms with Crippen molar-refractivity contribution in [2.75, 3.05) is 38.7 Å². The molecule has 0 aliphatic carbocycles. The summed E-state index contributed by atoms with van der Waals surface area (Å²) in [6.45, 7) is 3.93. The molecule has 0 fully saturated rings. The minimum absolute atomic E-state index is 0.0493. The number of non-ortho nitro benzene ring substituents is 1. The van der Waals surface area contributed by atoms with Crippen molar-refractivity contribution in [2.24, 2.45) is 0 Å². The number of nitro groups is 1. The number of rotatable bonds is 12. The molecule has 1 amide bonds. The van der Waals surface area contributed by atoms with Crippen molar-refractivity contribution < 1.29 is 19.2 Å². The molecule has 2 heterocycles. The number of hydrogen-bond acceptors (Lipinski definition) is 9. The zero-order valence-corrected chi connectivity index (χ0v) is 20.1. The molecule has 12 nitrogen and oxygen atoms in total. The minimum Gasteiger partial charge on any atom is -0.491 e. The van der Waals surface area contributed by atoms with Crippen molar-refractivity contribution in [2.45, 2.75) is 19.8 Å². The number of methoxy groups -OCH3 is 1. The average Bonchev–Trinajstić information content (AvgIpc) is 3.28. The smallest absolute Gasteiger partial charge is 0.269 e. The van der Waals surface area contributed by atoms with Crippen molar-refractivity contribution in [3.8, 4) is 5.75 Å². The van der Waals surface area contributed by atoms with Gasteiger partial charge in [0.25, 0.3) is 11.6 Å². The second kappa shape index (κ2) is 11.4. The molecule has 0 atom stereocenters. The lowest BCUT2D eigenvalue weighted by molar-refractivity contribution is -0.384. The Balaban J connectivity index is 1.34. The van der Waals surface area contributed by atoms with Gasteiger partial charge in [0, 0.05) is 44.0 Å². The lowest BCUT2D eigenvalue weighted by Gasteiger charge is -2.11. The first-order valence-corrected chi connectivity index (χ1v) is 11.5. The van der Waals surface area contributed by atoms with Gasteiger partial charge in [-0.05, 0) is 44.0 Å². The zero-order chi connectivity index (χ0) is 25.5. The van der Waals surface area contributed by atoms with E-state index < -0.39 is 4.92 Å². The summed E-state index contributed by atoms with van der Waals surface area (Å²) in [5.74, 6) is 1.81. The highest BCUT2D eigenvalue weighted by atomic mass is 16.6. The van der Waals surface area contributed by atoms with E-state index in [1.165, 1.54) is 24.3 Å². The van der Waals surface area contributed by atoms with Crippen molar-refractivity contribution >= 4 is 34.1 Å². The Morgan fingerprint density at radius 1 is 1.08 bits per heavy atom. The summed E-state index contributed by atoms with van der Waals surface area (Å²) in [7, 11) is 1.63. The molecule has 12 heteroatoms. The maximum absolute atomic E-state index is 12.2. The van der Waals surface area contributed by atoms with Crippen molar-refractivity contribution in [3.63, 3.8) is 0 Å². The molecule has 0 radical (unpaired) electrons. The molecular weight excluding hydrogens is 466 g/mol. The van der Waals surface area contributed by atoms with Crippen LogP contribution in [0.4, 0.5) is 11.5 Å². The summed E-state index contributed by atoms with van der Waals surface area (Å²) in [5, 5.41) is 25.4. The summed E-state index contributed by atoms with van der Waals surface area (Å²) in [5.41, 5.74) is 2.60. The van der Waals surface area contributed by atoms with Gasteiger partial charge in [0.1, 0.15) is 18.2 Å². The predicted molar refractivity (Wildman–Crippen MR) is 134 cm³/mol. The number of unbranched alkanes of at least 4 members (excludes halogenated alkanes) is 1. The molecule has 0 bridgehead atoms. The number of hydrogen-bond donors (Lipinski definition) is 2. The normalized spacial score (nSPS) is 11.1. The number of carbonyl (C=O) groups is 1. The van der Waals surface area contributed by atoms with E-state index in [4.69, 9.17) is 14.5 Å². The Bertz CT molecular complexity index is 1370. The van der Waals surface area contributed by atoms with Crippen LogP contribution in [-0.4, -0.2) is 63.8 Å². The standard InChI is InChI=1S/C24H27N7O5/c1-16-28-29-23-22(27-20-15-19(36-14-13-35-2)9-10-21(20)30(16)23)25-11-3-4-12-26-24(32)17-5-7-18(8-6-17)31(33)34/h5-10,15H,3-4,11-14H2,1-2H3,(H,25,27)(H,26,32). The Morgan fingerprint density at radius 2 is 1.86 bits per heavy atom. The fourth-order valence-electron chi connectivity index (χ4n) is 3.70. The van der Waals surface area contributed by atoms with Gasteiger partial charge in [-0.1, -0.05) is 0 Å². The quantitative estimate of drug-likeness (QED) is 0.173. The van der Waals surface area contributed by atoms with Crippen LogP contribution in [0.25, 0.3) is 16.7 Å². The number of amides is 1. The molecule has 4 aromatic rings. The van der Waals surface area contributed by atoms with Gasteiger partial charge in [-0.2, -0.15) is 0 Å². The van der Waals surface area contributed by atoms with Gasteiger partial charge in [-0.25, -0.2) is 4.98 Å². The molecule has 2 aromatic carbocycles. The van der Waals surface area contributed by atoms with E-state index in [0.29, 0.717) is 49.1 Å². The van der Waals surface area contributed by atoms with Crippen LogP contribution in [0, 0.1) is 17.0 Å². The van der Waals surface area contributed by atoms with E-state index in [-0.39, 0.29) is 11.6 Å². The van der Waals surface area contributed by atoms with Crippen LogP contribution in [0.2, 0.25) is 0 Å². The summed E-state index contributed by atoms with van der Waals surface area (Å²) in [4.78, 5) is 27.2. The van der Waals surface area contributed by atoms with Gasteiger partial charge in [0.2, 0.25) is 5.65 Å². The van der Waals surface area contributed by atoms with Gasteiger partial charge in [0.05, 0.1) is 22.6 Å². The topological polar surface area (TPSA) is 146 Å². The van der Waals surface area contributed by atoms with Crippen LogP contribution in [0.3, 0.4) is 0 Å². The molecule has 2 aromatic heterocycles. The van der Waals surface area contributed by atoms with Gasteiger partial charge in [0.15, 0.2) is 5.82 Å². The average molecular weight is 494 g/mol. The molecule has 0 saturated carbocycles. The number of anilines is 1. The van der Waals surface area contributed by atoms with Gasteiger partial charge < -0.3 is 20.1 Å². The van der Waals surface area contributed by atoms with Crippen molar-refractivity contribution in [1.82, 2.24) is 24.9 Å². The first kappa shape index (κ1) is 24.8. The second-order valence-corrected chi connectivity index (χ2v) is 8.05. The highest BCUT2D eigenvalue weighted by Gasteiger charge is 2.14. The molecule has 4 rings (SSSR count). The number of nitrogens with zero attached hydrogens (tertiary/aromatic N) is 5. The van der Waals surface area contributed by atoms with E-state index >= 15 is 0 Å². The first-order chi connectivity index (χ1) is 17.5. The number of benzene rings is 2. The van der Waals surface area contributed by atoms with Crippen LogP contribution in [0.1, 0.15) is 29.0 Å². The first-order valence-electron chi connectivity index (χ1n) is 11.5. The number of aromatic nitrogens is 4. The Kier molecular flexibility index (Phi) is 7.85. The third kappa shape index (κ3) is 5.66. The van der Waals surface area contributed by atoms with Gasteiger partial charge >= 0.3 is 0 Å².